The molecule has 2 N–H and O–H groups in total. The number of nitrogens with one attached hydrogen (secondary N) is 1. The van der Waals surface area contributed by atoms with E-state index in [1.807, 2.05) is 12.1 Å². The Morgan fingerprint density at radius 3 is 2.81 bits per heavy atom. The van der Waals surface area contributed by atoms with Crippen molar-refractivity contribution in [3.8, 4) is 11.5 Å². The Morgan fingerprint density at radius 2 is 2.10 bits per heavy atom. The van der Waals surface area contributed by atoms with Crippen LogP contribution >= 0.6 is 0 Å². The van der Waals surface area contributed by atoms with Gasteiger partial charge in [-0.05, 0) is 57.4 Å². The molecule has 0 atom stereocenters. The molecule has 1 saturated heterocycles. The summed E-state index contributed by atoms with van der Waals surface area (Å²) in [4.78, 5) is 2.56. The van der Waals surface area contributed by atoms with Crippen LogP contribution in [0.1, 0.15) is 31.7 Å². The number of phenols is 1. The fraction of sp³-hybridized carbons (Fsp3) is 0.647. The maximum Gasteiger partial charge on any atom is 0.162 e. The van der Waals surface area contributed by atoms with E-state index in [0.717, 1.165) is 24.4 Å². The summed E-state index contributed by atoms with van der Waals surface area (Å²) in [6, 6.07) is 5.61. The van der Waals surface area contributed by atoms with E-state index in [1.165, 1.54) is 32.5 Å². The van der Waals surface area contributed by atoms with Gasteiger partial charge in [-0.25, -0.2) is 0 Å². The van der Waals surface area contributed by atoms with Crippen LogP contribution in [0.25, 0.3) is 0 Å². The molecule has 0 aliphatic carbocycles. The number of rotatable bonds is 7. The molecule has 0 unspecified atom stereocenters. The number of likely N-dealkylation sites (tertiary alicyclic amines) is 1. The van der Waals surface area contributed by atoms with Gasteiger partial charge in [-0.3, -0.25) is 0 Å². The summed E-state index contributed by atoms with van der Waals surface area (Å²) >= 11 is 0. The zero-order valence-corrected chi connectivity index (χ0v) is 13.3. The molecule has 0 spiro atoms. The third kappa shape index (κ3) is 4.90. The zero-order valence-electron chi connectivity index (χ0n) is 13.3. The van der Waals surface area contributed by atoms with Crippen molar-refractivity contribution in [2.24, 2.45) is 5.92 Å². The molecule has 1 aromatic rings. The molecule has 0 saturated carbocycles. The number of phenolic OH excluding ortho intramolecular Hbond substituents is 1. The number of methoxy groups -OCH3 is 1. The van der Waals surface area contributed by atoms with Crippen LogP contribution in [0.4, 0.5) is 0 Å². The van der Waals surface area contributed by atoms with Crippen LogP contribution < -0.4 is 10.1 Å². The highest BCUT2D eigenvalue weighted by molar-refractivity contribution is 5.45. The van der Waals surface area contributed by atoms with Crippen LogP contribution in [0.3, 0.4) is 0 Å². The fourth-order valence-electron chi connectivity index (χ4n) is 2.81. The molecule has 1 fully saturated rings. The van der Waals surface area contributed by atoms with Gasteiger partial charge in [0.15, 0.2) is 11.5 Å². The van der Waals surface area contributed by atoms with E-state index < -0.39 is 0 Å². The minimum absolute atomic E-state index is 0.248. The molecule has 4 heteroatoms. The van der Waals surface area contributed by atoms with E-state index in [4.69, 9.17) is 4.74 Å². The van der Waals surface area contributed by atoms with Crippen LogP contribution in [0.5, 0.6) is 11.5 Å². The molecule has 1 aliphatic rings. The van der Waals surface area contributed by atoms with Gasteiger partial charge < -0.3 is 20.1 Å². The lowest BCUT2D eigenvalue weighted by Gasteiger charge is -2.30. The first kappa shape index (κ1) is 16.1. The molecule has 1 aliphatic heterocycles. The lowest BCUT2D eigenvalue weighted by atomic mass is 9.99. The summed E-state index contributed by atoms with van der Waals surface area (Å²) in [5.74, 6) is 1.68. The summed E-state index contributed by atoms with van der Waals surface area (Å²) in [6.45, 7) is 7.67. The van der Waals surface area contributed by atoms with Gasteiger partial charge in [0.1, 0.15) is 0 Å². The number of hydrogen-bond acceptors (Lipinski definition) is 4. The lowest BCUT2D eigenvalue weighted by molar-refractivity contribution is 0.190. The fourth-order valence-corrected chi connectivity index (χ4v) is 2.81. The Balaban J connectivity index is 1.64. The second-order valence-electron chi connectivity index (χ2n) is 6.02. The van der Waals surface area contributed by atoms with Gasteiger partial charge in [0.05, 0.1) is 7.11 Å². The van der Waals surface area contributed by atoms with Crippen LogP contribution in [-0.4, -0.2) is 43.3 Å². The van der Waals surface area contributed by atoms with Gasteiger partial charge in [0.2, 0.25) is 0 Å². The molecule has 0 amide bonds. The minimum atomic E-state index is 0.248. The smallest absolute Gasteiger partial charge is 0.162 e. The molecule has 4 nitrogen and oxygen atoms in total. The maximum absolute atomic E-state index is 10.0. The van der Waals surface area contributed by atoms with Crippen LogP contribution in [0, 0.1) is 5.92 Å². The Kier molecular flexibility index (Phi) is 6.33. The average Bonchev–Trinajstić information content (AvgIpc) is 2.50. The summed E-state index contributed by atoms with van der Waals surface area (Å²) in [6.07, 6.45) is 3.83. The maximum atomic E-state index is 10.0. The summed E-state index contributed by atoms with van der Waals surface area (Å²) < 4.78 is 5.12. The number of aromatic hydroxyl groups is 1. The van der Waals surface area contributed by atoms with E-state index in [9.17, 15) is 5.11 Å². The van der Waals surface area contributed by atoms with Gasteiger partial charge in [-0.15, -0.1) is 0 Å². The highest BCUT2D eigenvalue weighted by Crippen LogP contribution is 2.29. The lowest BCUT2D eigenvalue weighted by Crippen LogP contribution is -2.34. The monoisotopic (exact) mass is 292 g/mol. The zero-order chi connectivity index (χ0) is 15.1. The molecule has 1 heterocycles. The third-order valence-corrected chi connectivity index (χ3v) is 4.32. The molecule has 0 aromatic heterocycles. The number of hydrogen-bond donors (Lipinski definition) is 2. The third-order valence-electron chi connectivity index (χ3n) is 4.32. The topological polar surface area (TPSA) is 44.7 Å². The van der Waals surface area contributed by atoms with Crippen LogP contribution in [0.15, 0.2) is 18.2 Å². The largest absolute Gasteiger partial charge is 0.504 e. The Labute approximate surface area is 128 Å². The highest BCUT2D eigenvalue weighted by atomic mass is 16.5. The van der Waals surface area contributed by atoms with E-state index in [0.29, 0.717) is 12.3 Å². The van der Waals surface area contributed by atoms with E-state index >= 15 is 0 Å². The number of benzene rings is 1. The van der Waals surface area contributed by atoms with Gasteiger partial charge in [-0.1, -0.05) is 19.1 Å². The van der Waals surface area contributed by atoms with E-state index in [-0.39, 0.29) is 5.75 Å². The SMILES string of the molecule is COc1cccc(CNCCCN2CCC(C)CC2)c1O. The van der Waals surface area contributed by atoms with Crippen molar-refractivity contribution >= 4 is 0 Å². The molecule has 118 valence electrons. The first-order valence-electron chi connectivity index (χ1n) is 7.98. The van der Waals surface area contributed by atoms with Crippen molar-refractivity contribution in [3.63, 3.8) is 0 Å². The standard InChI is InChI=1S/C17H28N2O2/c1-14-7-11-19(12-8-14)10-4-9-18-13-15-5-3-6-16(21-2)17(15)20/h3,5-6,14,18,20H,4,7-13H2,1-2H3. The molecule has 2 rings (SSSR count). The number of para-hydroxylation sites is 1. The van der Waals surface area contributed by atoms with Crippen molar-refractivity contribution in [3.05, 3.63) is 23.8 Å². The molecule has 0 bridgehead atoms. The quantitative estimate of drug-likeness (QED) is 0.758. The summed E-state index contributed by atoms with van der Waals surface area (Å²) in [5.41, 5.74) is 0.890. The van der Waals surface area contributed by atoms with Gasteiger partial charge in [-0.2, -0.15) is 0 Å². The molecular formula is C17H28N2O2. The number of piperidine rings is 1. The number of ether oxygens (including phenoxy) is 1. The van der Waals surface area contributed by atoms with Crippen molar-refractivity contribution in [2.45, 2.75) is 32.7 Å². The van der Waals surface area contributed by atoms with Crippen molar-refractivity contribution in [1.82, 2.24) is 10.2 Å². The van der Waals surface area contributed by atoms with Crippen molar-refractivity contribution in [1.29, 1.82) is 0 Å². The molecule has 1 aromatic carbocycles. The van der Waals surface area contributed by atoms with E-state index in [2.05, 4.69) is 17.1 Å². The summed E-state index contributed by atoms with van der Waals surface area (Å²) in [7, 11) is 1.58. The predicted molar refractivity (Wildman–Crippen MR) is 85.8 cm³/mol. The molecular weight excluding hydrogens is 264 g/mol. The summed E-state index contributed by atoms with van der Waals surface area (Å²) in [5, 5.41) is 13.4. The predicted octanol–water partition coefficient (Wildman–Crippen LogP) is 2.61. The first-order valence-corrected chi connectivity index (χ1v) is 7.98. The second kappa shape index (κ2) is 8.25. The van der Waals surface area contributed by atoms with Crippen molar-refractivity contribution < 1.29 is 9.84 Å². The number of nitrogens with zero attached hydrogens (tertiary/aromatic N) is 1. The first-order chi connectivity index (χ1) is 10.2. The molecule has 0 radical (unpaired) electrons. The van der Waals surface area contributed by atoms with Gasteiger partial charge in [0, 0.05) is 12.1 Å². The van der Waals surface area contributed by atoms with Gasteiger partial charge in [0.25, 0.3) is 0 Å². The molecule has 21 heavy (non-hydrogen) atoms. The average molecular weight is 292 g/mol. The Hall–Kier alpha value is -1.26. The Bertz CT molecular complexity index is 429. The highest BCUT2D eigenvalue weighted by Gasteiger charge is 2.14. The van der Waals surface area contributed by atoms with Crippen LogP contribution in [0.2, 0.25) is 0 Å². The van der Waals surface area contributed by atoms with Gasteiger partial charge >= 0.3 is 0 Å². The van der Waals surface area contributed by atoms with Crippen molar-refractivity contribution in [2.75, 3.05) is 33.3 Å². The van der Waals surface area contributed by atoms with E-state index in [1.54, 1.807) is 13.2 Å². The normalized spacial score (nSPS) is 17.0. The Morgan fingerprint density at radius 1 is 1.33 bits per heavy atom. The minimum Gasteiger partial charge on any atom is -0.504 e. The van der Waals surface area contributed by atoms with Crippen LogP contribution in [-0.2, 0) is 6.54 Å². The second-order valence-corrected chi connectivity index (χ2v) is 6.02.